The van der Waals surface area contributed by atoms with Gasteiger partial charge in [0.05, 0.1) is 18.7 Å². The Morgan fingerprint density at radius 2 is 2.17 bits per heavy atom. The number of H-pyrrole nitrogens is 1. The first kappa shape index (κ1) is 14.6. The molecule has 2 N–H and O–H groups in total. The van der Waals surface area contributed by atoms with E-state index in [1.807, 2.05) is 48.7 Å². The number of carbonyl (C=O) groups excluding carboxylic acids is 1. The van der Waals surface area contributed by atoms with Gasteiger partial charge in [-0.25, -0.2) is 0 Å². The Morgan fingerprint density at radius 3 is 3.04 bits per heavy atom. The summed E-state index contributed by atoms with van der Waals surface area (Å²) in [5.74, 6) is 1.34. The van der Waals surface area contributed by atoms with E-state index >= 15 is 0 Å². The summed E-state index contributed by atoms with van der Waals surface area (Å²) in [5.41, 5.74) is 2.80. The lowest BCUT2D eigenvalue weighted by atomic mass is 9.95. The third-order valence-corrected chi connectivity index (χ3v) is 4.39. The number of hydrogen-bond donors (Lipinski definition) is 2. The lowest BCUT2D eigenvalue weighted by Gasteiger charge is -2.24. The van der Waals surface area contributed by atoms with E-state index in [2.05, 4.69) is 10.3 Å². The van der Waals surface area contributed by atoms with E-state index < -0.39 is 0 Å². The van der Waals surface area contributed by atoms with E-state index in [0.29, 0.717) is 13.0 Å². The minimum absolute atomic E-state index is 0.0341. The number of rotatable bonds is 3. The molecule has 1 aromatic heterocycles. The van der Waals surface area contributed by atoms with Gasteiger partial charge >= 0.3 is 0 Å². The van der Waals surface area contributed by atoms with Crippen molar-refractivity contribution in [3.63, 3.8) is 0 Å². The number of aromatic amines is 1. The number of carbonyl (C=O) groups is 1. The van der Waals surface area contributed by atoms with Crippen molar-refractivity contribution in [3.8, 4) is 11.5 Å². The van der Waals surface area contributed by atoms with Crippen LogP contribution in [0, 0.1) is 5.92 Å². The molecule has 5 nitrogen and oxygen atoms in total. The first-order valence-corrected chi connectivity index (χ1v) is 7.91. The number of benzene rings is 2. The van der Waals surface area contributed by atoms with Crippen molar-refractivity contribution in [1.29, 1.82) is 0 Å². The van der Waals surface area contributed by atoms with Gasteiger partial charge in [-0.1, -0.05) is 18.2 Å². The number of para-hydroxylation sites is 1. The number of aromatic nitrogens is 1. The van der Waals surface area contributed by atoms with Crippen molar-refractivity contribution < 1.29 is 14.3 Å². The van der Waals surface area contributed by atoms with Gasteiger partial charge in [0, 0.05) is 17.1 Å². The Kier molecular flexibility index (Phi) is 3.61. The Morgan fingerprint density at radius 1 is 1.29 bits per heavy atom. The second-order valence-electron chi connectivity index (χ2n) is 5.92. The van der Waals surface area contributed by atoms with Crippen LogP contribution in [-0.4, -0.2) is 24.6 Å². The van der Waals surface area contributed by atoms with Gasteiger partial charge in [0.15, 0.2) is 0 Å². The average molecular weight is 322 g/mol. The van der Waals surface area contributed by atoms with Gasteiger partial charge in [-0.15, -0.1) is 0 Å². The van der Waals surface area contributed by atoms with E-state index in [4.69, 9.17) is 9.47 Å². The van der Waals surface area contributed by atoms with E-state index in [9.17, 15) is 4.79 Å². The minimum atomic E-state index is -0.224. The van der Waals surface area contributed by atoms with Gasteiger partial charge in [0.2, 0.25) is 5.91 Å². The van der Waals surface area contributed by atoms with Crippen molar-refractivity contribution in [2.24, 2.45) is 5.92 Å². The molecule has 1 aliphatic rings. The molecule has 1 atom stereocenters. The molecule has 0 saturated carbocycles. The highest BCUT2D eigenvalue weighted by molar-refractivity contribution is 6.02. The van der Waals surface area contributed by atoms with E-state index in [-0.39, 0.29) is 11.8 Å². The average Bonchev–Trinajstić information content (AvgIpc) is 3.03. The predicted octanol–water partition coefficient (Wildman–Crippen LogP) is 3.37. The lowest BCUT2D eigenvalue weighted by molar-refractivity contribution is -0.121. The first-order valence-electron chi connectivity index (χ1n) is 7.91. The minimum Gasteiger partial charge on any atom is -0.497 e. The van der Waals surface area contributed by atoms with Crippen molar-refractivity contribution in [1.82, 2.24) is 4.98 Å². The van der Waals surface area contributed by atoms with Gasteiger partial charge in [0.1, 0.15) is 18.1 Å². The molecule has 2 aromatic carbocycles. The van der Waals surface area contributed by atoms with Crippen LogP contribution >= 0.6 is 0 Å². The normalized spacial score (nSPS) is 16.3. The number of nitrogens with one attached hydrogen (secondary N) is 2. The maximum absolute atomic E-state index is 12.6. The van der Waals surface area contributed by atoms with Crippen LogP contribution in [-0.2, 0) is 11.2 Å². The Bertz CT molecular complexity index is 901. The van der Waals surface area contributed by atoms with Crippen LogP contribution in [0.2, 0.25) is 0 Å². The fourth-order valence-corrected chi connectivity index (χ4v) is 3.08. The summed E-state index contributed by atoms with van der Waals surface area (Å²) in [7, 11) is 1.63. The molecule has 2 heterocycles. The summed E-state index contributed by atoms with van der Waals surface area (Å²) in [6.07, 6.45) is 2.46. The maximum Gasteiger partial charge on any atom is 0.231 e. The van der Waals surface area contributed by atoms with Crippen LogP contribution in [0.4, 0.5) is 5.69 Å². The number of fused-ring (bicyclic) bond motifs is 2. The molecule has 0 fully saturated rings. The molecule has 3 aromatic rings. The number of hydrogen-bond acceptors (Lipinski definition) is 3. The zero-order valence-corrected chi connectivity index (χ0v) is 13.3. The summed E-state index contributed by atoms with van der Waals surface area (Å²) in [5, 5.41) is 4.02. The van der Waals surface area contributed by atoms with Gasteiger partial charge < -0.3 is 19.8 Å². The highest BCUT2D eigenvalue weighted by atomic mass is 16.5. The standard InChI is InChI=1S/C19H18N2O3/c1-23-14-6-7-18-12(9-14)8-13(11-24-18)19(22)21-17-10-20-16-5-3-2-4-15(16)17/h2-7,9-10,13,20H,8,11H2,1H3,(H,21,22). The molecular formula is C19H18N2O3. The Labute approximate surface area is 139 Å². The molecule has 4 rings (SSSR count). The van der Waals surface area contributed by atoms with Gasteiger partial charge in [-0.05, 0) is 36.2 Å². The monoisotopic (exact) mass is 322 g/mol. The van der Waals surface area contributed by atoms with Crippen LogP contribution in [0.15, 0.2) is 48.7 Å². The summed E-state index contributed by atoms with van der Waals surface area (Å²) in [4.78, 5) is 15.8. The third-order valence-electron chi connectivity index (χ3n) is 4.39. The molecule has 122 valence electrons. The number of methoxy groups -OCH3 is 1. The van der Waals surface area contributed by atoms with Gasteiger partial charge in [0.25, 0.3) is 0 Å². The largest absolute Gasteiger partial charge is 0.497 e. The fourth-order valence-electron chi connectivity index (χ4n) is 3.08. The lowest BCUT2D eigenvalue weighted by Crippen LogP contribution is -2.32. The third kappa shape index (κ3) is 2.58. The highest BCUT2D eigenvalue weighted by Gasteiger charge is 2.27. The molecule has 0 bridgehead atoms. The van der Waals surface area contributed by atoms with E-state index in [1.54, 1.807) is 7.11 Å². The molecule has 0 aliphatic carbocycles. The molecule has 5 heteroatoms. The Balaban J connectivity index is 1.53. The summed E-state index contributed by atoms with van der Waals surface area (Å²) in [6.45, 7) is 0.382. The predicted molar refractivity (Wildman–Crippen MR) is 92.6 cm³/mol. The van der Waals surface area contributed by atoms with Crippen LogP contribution in [0.3, 0.4) is 0 Å². The second-order valence-corrected chi connectivity index (χ2v) is 5.92. The first-order chi connectivity index (χ1) is 11.7. The number of ether oxygens (including phenoxy) is 2. The molecule has 1 amide bonds. The molecule has 0 saturated heterocycles. The summed E-state index contributed by atoms with van der Waals surface area (Å²) in [6, 6.07) is 13.6. The molecule has 1 aliphatic heterocycles. The quantitative estimate of drug-likeness (QED) is 0.777. The Hall–Kier alpha value is -2.95. The van der Waals surface area contributed by atoms with Crippen LogP contribution in [0.25, 0.3) is 10.9 Å². The number of amides is 1. The second kappa shape index (κ2) is 5.92. The summed E-state index contributed by atoms with van der Waals surface area (Å²) >= 11 is 0. The molecule has 0 radical (unpaired) electrons. The van der Waals surface area contributed by atoms with Crippen molar-refractivity contribution in [2.75, 3.05) is 19.0 Å². The molecule has 24 heavy (non-hydrogen) atoms. The van der Waals surface area contributed by atoms with Gasteiger partial charge in [-0.3, -0.25) is 4.79 Å². The van der Waals surface area contributed by atoms with Crippen LogP contribution in [0.5, 0.6) is 11.5 Å². The zero-order chi connectivity index (χ0) is 16.5. The van der Waals surface area contributed by atoms with Crippen LogP contribution in [0.1, 0.15) is 5.56 Å². The highest BCUT2D eigenvalue weighted by Crippen LogP contribution is 2.31. The molecule has 0 spiro atoms. The van der Waals surface area contributed by atoms with E-state index in [0.717, 1.165) is 33.7 Å². The van der Waals surface area contributed by atoms with Crippen LogP contribution < -0.4 is 14.8 Å². The van der Waals surface area contributed by atoms with E-state index in [1.165, 1.54) is 0 Å². The molecule has 1 unspecified atom stereocenters. The van der Waals surface area contributed by atoms with Crippen molar-refractivity contribution in [3.05, 3.63) is 54.2 Å². The fraction of sp³-hybridized carbons (Fsp3) is 0.211. The number of anilines is 1. The van der Waals surface area contributed by atoms with Crippen molar-refractivity contribution >= 4 is 22.5 Å². The smallest absolute Gasteiger partial charge is 0.231 e. The van der Waals surface area contributed by atoms with Crippen molar-refractivity contribution in [2.45, 2.75) is 6.42 Å². The van der Waals surface area contributed by atoms with Gasteiger partial charge in [-0.2, -0.15) is 0 Å². The molecular weight excluding hydrogens is 304 g/mol. The zero-order valence-electron chi connectivity index (χ0n) is 13.3. The maximum atomic E-state index is 12.6. The SMILES string of the molecule is COc1ccc2c(c1)CC(C(=O)Nc1c[nH]c3ccccc13)CO2. The summed E-state index contributed by atoms with van der Waals surface area (Å²) < 4.78 is 11.0. The topological polar surface area (TPSA) is 63.3 Å².